The van der Waals surface area contributed by atoms with Crippen molar-refractivity contribution in [3.05, 3.63) is 48.6 Å². The summed E-state index contributed by atoms with van der Waals surface area (Å²) in [5, 5.41) is 31.4. The first-order valence-corrected chi connectivity index (χ1v) is 28.6. The van der Waals surface area contributed by atoms with Gasteiger partial charge in [-0.2, -0.15) is 0 Å². The molecular weight excluding hydrogens is 901 g/mol. The van der Waals surface area contributed by atoms with Crippen molar-refractivity contribution in [1.82, 2.24) is 0 Å². The number of aliphatic hydroxyl groups is 2. The predicted octanol–water partition coefficient (Wildman–Crippen LogP) is 14.2. The summed E-state index contributed by atoms with van der Waals surface area (Å²) in [5.41, 5.74) is 0. The molecule has 0 aromatic carbocycles. The van der Waals surface area contributed by atoms with Gasteiger partial charge in [0.05, 0.1) is 6.61 Å². The number of esters is 3. The van der Waals surface area contributed by atoms with Gasteiger partial charge in [-0.3, -0.25) is 14.4 Å². The quantitative estimate of drug-likeness (QED) is 0.0228. The number of carbonyl (C=O) groups excluding carboxylic acids is 3. The van der Waals surface area contributed by atoms with Crippen LogP contribution in [0, 0.1) is 0 Å². The summed E-state index contributed by atoms with van der Waals surface area (Å²) in [6.45, 7) is 5.88. The molecule has 1 aliphatic rings. The topological polar surface area (TPSA) is 175 Å². The van der Waals surface area contributed by atoms with Crippen molar-refractivity contribution in [3.63, 3.8) is 0 Å². The van der Waals surface area contributed by atoms with E-state index in [0.717, 1.165) is 109 Å². The molecule has 0 amide bonds. The molecule has 0 aromatic rings. The van der Waals surface area contributed by atoms with Crippen LogP contribution in [0.2, 0.25) is 0 Å². The third-order valence-electron chi connectivity index (χ3n) is 12.9. The second-order valence-corrected chi connectivity index (χ2v) is 19.6. The van der Waals surface area contributed by atoms with Crippen LogP contribution in [-0.2, 0) is 42.9 Å². The van der Waals surface area contributed by atoms with Gasteiger partial charge in [-0.25, -0.2) is 4.79 Å². The average molecular weight is 1000 g/mol. The van der Waals surface area contributed by atoms with Gasteiger partial charge in [0, 0.05) is 19.3 Å². The zero-order valence-electron chi connectivity index (χ0n) is 45.0. The van der Waals surface area contributed by atoms with E-state index in [2.05, 4.69) is 69.4 Å². The number of aliphatic carboxylic acids is 1. The molecule has 12 nitrogen and oxygen atoms in total. The maximum atomic E-state index is 13.1. The molecule has 1 fully saturated rings. The summed E-state index contributed by atoms with van der Waals surface area (Å²) < 4.78 is 28.4. The lowest BCUT2D eigenvalue weighted by atomic mass is 9.98. The number of ether oxygens (including phenoxy) is 5. The number of unbranched alkanes of at least 4 members (excludes halogenated alkanes) is 26. The Hall–Kier alpha value is -3.32. The van der Waals surface area contributed by atoms with Gasteiger partial charge in [0.2, 0.25) is 0 Å². The van der Waals surface area contributed by atoms with E-state index >= 15 is 0 Å². The molecule has 1 saturated heterocycles. The van der Waals surface area contributed by atoms with Gasteiger partial charge in [0.15, 0.2) is 24.6 Å². The number of aliphatic hydroxyl groups excluding tert-OH is 2. The molecule has 3 N–H and O–H groups in total. The van der Waals surface area contributed by atoms with Crippen molar-refractivity contribution in [1.29, 1.82) is 0 Å². The fraction of sp³-hybridized carbons (Fsp3) is 0.797. The Kier molecular flexibility index (Phi) is 44.1. The number of allylic oxidation sites excluding steroid dienone is 8. The second kappa shape index (κ2) is 47.7. The van der Waals surface area contributed by atoms with Crippen LogP contribution in [0.25, 0.3) is 0 Å². The predicted molar refractivity (Wildman–Crippen MR) is 285 cm³/mol. The standard InChI is InChI=1S/C59H102O12/c1-4-7-10-13-16-19-22-24-25-26-27-29-31-33-36-39-42-45-51(60)67-48-50(69-52(61)46-43-40-37-34-30-21-18-15-12-9-6-3)49-68-59-57(55(64)54(63)56(71-59)58(65)66)70-53(62)47-44-41-38-35-32-28-23-20-17-14-11-8-5-2/h11,14,16,19-20,23-25,50,54-57,59,63-64H,4-10,12-13,15,17-18,21-22,26-49H2,1-3H3,(H,65,66)/b14-11-,19-16-,23-20-,25-24-. The summed E-state index contributed by atoms with van der Waals surface area (Å²) in [4.78, 5) is 51.0. The lowest BCUT2D eigenvalue weighted by Crippen LogP contribution is -2.61. The van der Waals surface area contributed by atoms with Crippen LogP contribution in [0.1, 0.15) is 252 Å². The van der Waals surface area contributed by atoms with Gasteiger partial charge in [-0.05, 0) is 77.0 Å². The van der Waals surface area contributed by atoms with Crippen LogP contribution >= 0.6 is 0 Å². The summed E-state index contributed by atoms with van der Waals surface area (Å²) in [7, 11) is 0. The van der Waals surface area contributed by atoms with Crippen LogP contribution in [0.15, 0.2) is 48.6 Å². The van der Waals surface area contributed by atoms with E-state index < -0.39 is 67.3 Å². The minimum Gasteiger partial charge on any atom is -0.479 e. The van der Waals surface area contributed by atoms with Gasteiger partial charge in [-0.1, -0.05) is 204 Å². The molecule has 0 aliphatic carbocycles. The van der Waals surface area contributed by atoms with Crippen LogP contribution in [0.4, 0.5) is 0 Å². The Labute approximate surface area is 431 Å². The van der Waals surface area contributed by atoms with Crippen molar-refractivity contribution in [2.45, 2.75) is 289 Å². The van der Waals surface area contributed by atoms with E-state index in [-0.39, 0.29) is 25.9 Å². The van der Waals surface area contributed by atoms with Gasteiger partial charge in [0.1, 0.15) is 18.8 Å². The van der Waals surface area contributed by atoms with E-state index in [1.807, 2.05) is 0 Å². The lowest BCUT2D eigenvalue weighted by molar-refractivity contribution is -0.301. The van der Waals surface area contributed by atoms with Gasteiger partial charge < -0.3 is 39.0 Å². The summed E-state index contributed by atoms with van der Waals surface area (Å²) >= 11 is 0. The molecule has 0 saturated carbocycles. The van der Waals surface area contributed by atoms with Crippen molar-refractivity contribution < 1.29 is 58.2 Å². The molecule has 0 spiro atoms. The molecule has 1 rings (SSSR count). The second-order valence-electron chi connectivity index (χ2n) is 19.6. The van der Waals surface area contributed by atoms with Gasteiger partial charge in [0.25, 0.3) is 0 Å². The van der Waals surface area contributed by atoms with Crippen molar-refractivity contribution in [3.8, 4) is 0 Å². The monoisotopic (exact) mass is 1000 g/mol. The molecule has 1 heterocycles. The number of rotatable bonds is 48. The minimum absolute atomic E-state index is 0.0448. The molecule has 6 atom stereocenters. The maximum Gasteiger partial charge on any atom is 0.335 e. The molecule has 0 aromatic heterocycles. The third-order valence-corrected chi connectivity index (χ3v) is 12.9. The van der Waals surface area contributed by atoms with Crippen molar-refractivity contribution in [2.24, 2.45) is 0 Å². The number of hydrogen-bond donors (Lipinski definition) is 3. The van der Waals surface area contributed by atoms with Crippen molar-refractivity contribution >= 4 is 23.9 Å². The molecule has 410 valence electrons. The smallest absolute Gasteiger partial charge is 0.335 e. The molecule has 0 radical (unpaired) electrons. The Morgan fingerprint density at radius 3 is 1.35 bits per heavy atom. The third kappa shape index (κ3) is 38.0. The van der Waals surface area contributed by atoms with Crippen LogP contribution in [0.5, 0.6) is 0 Å². The minimum atomic E-state index is -1.91. The molecular formula is C59H102O12. The number of carbonyl (C=O) groups is 4. The molecule has 12 heteroatoms. The van der Waals surface area contributed by atoms with Crippen molar-refractivity contribution in [2.75, 3.05) is 13.2 Å². The fourth-order valence-electron chi connectivity index (χ4n) is 8.44. The Morgan fingerprint density at radius 2 is 0.873 bits per heavy atom. The summed E-state index contributed by atoms with van der Waals surface area (Å²) in [6.07, 6.45) is 43.7. The van der Waals surface area contributed by atoms with E-state index in [0.29, 0.717) is 19.3 Å². The highest BCUT2D eigenvalue weighted by molar-refractivity contribution is 5.74. The van der Waals surface area contributed by atoms with Crippen LogP contribution in [0.3, 0.4) is 0 Å². The van der Waals surface area contributed by atoms with E-state index in [1.165, 1.54) is 83.5 Å². The highest BCUT2D eigenvalue weighted by Gasteiger charge is 2.50. The molecule has 6 unspecified atom stereocenters. The SMILES string of the molecule is CCC/C=C\C/C=C\CCCCCCCC(=O)OC1C(OCC(COC(=O)CCCCCCCCC/C=C\C/C=C\CCCCC)OC(=O)CCCCCCCCCCCCC)OC(C(=O)O)C(O)C1O. The average Bonchev–Trinajstić information content (AvgIpc) is 3.35. The molecule has 1 aliphatic heterocycles. The first-order chi connectivity index (χ1) is 34.6. The number of carboxylic acids is 1. The summed E-state index contributed by atoms with van der Waals surface area (Å²) in [6, 6.07) is 0. The molecule has 0 bridgehead atoms. The number of carboxylic acid groups (broad SMARTS) is 1. The normalized spacial score (nSPS) is 18.8. The summed E-state index contributed by atoms with van der Waals surface area (Å²) in [5.74, 6) is -3.13. The Morgan fingerprint density at radius 1 is 0.465 bits per heavy atom. The van der Waals surface area contributed by atoms with E-state index in [1.54, 1.807) is 0 Å². The molecule has 71 heavy (non-hydrogen) atoms. The Balaban J connectivity index is 2.69. The van der Waals surface area contributed by atoms with Crippen LogP contribution < -0.4 is 0 Å². The first kappa shape index (κ1) is 65.7. The maximum absolute atomic E-state index is 13.1. The highest BCUT2D eigenvalue weighted by atomic mass is 16.7. The first-order valence-electron chi connectivity index (χ1n) is 28.6. The highest BCUT2D eigenvalue weighted by Crippen LogP contribution is 2.26. The number of hydrogen-bond acceptors (Lipinski definition) is 11. The fourth-order valence-corrected chi connectivity index (χ4v) is 8.44. The van der Waals surface area contributed by atoms with Gasteiger partial charge in [-0.15, -0.1) is 0 Å². The zero-order valence-corrected chi connectivity index (χ0v) is 45.0. The lowest BCUT2D eigenvalue weighted by Gasteiger charge is -2.40. The van der Waals surface area contributed by atoms with Crippen LogP contribution in [-0.4, -0.2) is 89.2 Å². The van der Waals surface area contributed by atoms with Gasteiger partial charge >= 0.3 is 23.9 Å². The van der Waals surface area contributed by atoms with E-state index in [4.69, 9.17) is 23.7 Å². The Bertz CT molecular complexity index is 1420. The zero-order chi connectivity index (χ0) is 51.8. The largest absolute Gasteiger partial charge is 0.479 e. The van der Waals surface area contributed by atoms with E-state index in [9.17, 15) is 34.5 Å².